The second-order valence-electron chi connectivity index (χ2n) is 15.3. The van der Waals surface area contributed by atoms with Gasteiger partial charge in [0.15, 0.2) is 11.6 Å². The minimum Gasteiger partial charge on any atom is -0.388 e. The van der Waals surface area contributed by atoms with E-state index in [1.165, 1.54) is 0 Å². The molecule has 198 valence electrons. The molecule has 2 heterocycles. The third kappa shape index (κ3) is 2.15. The normalized spacial score (nSPS) is 60.1. The van der Waals surface area contributed by atoms with Crippen LogP contribution in [0.4, 0.5) is 0 Å². The van der Waals surface area contributed by atoms with Crippen LogP contribution >= 0.6 is 0 Å². The fourth-order valence-electron chi connectivity index (χ4n) is 11.7. The van der Waals surface area contributed by atoms with E-state index >= 15 is 0 Å². The number of rotatable bonds is 1. The standard InChI is InChI=1S/C30H42O6/c1-15-12-16-22(25(4,5)34)36-30(35-16)21(15)26(6)13-20(32)29-14-28(29)11-10-19(31)24(2,3)17(28)8-9-18(29)27(26,7)23(30)33/h10-11,15-18,21-23,33-34H,8-9,12-14H2,1-7H3/t15-,16-,17+,18+,21-,22+,23-,26-,27-,28-,29+,30+/m1/s1. The topological polar surface area (TPSA) is 93.1 Å². The monoisotopic (exact) mass is 498 g/mol. The Bertz CT molecular complexity index is 1120. The highest BCUT2D eigenvalue weighted by Crippen LogP contribution is 2.88. The summed E-state index contributed by atoms with van der Waals surface area (Å²) in [5.74, 6) is -0.542. The van der Waals surface area contributed by atoms with E-state index in [0.717, 1.165) is 25.7 Å². The van der Waals surface area contributed by atoms with Gasteiger partial charge < -0.3 is 19.7 Å². The Morgan fingerprint density at radius 3 is 2.39 bits per heavy atom. The number of carbonyl (C=O) groups excluding carboxylic acids is 2. The molecule has 4 saturated carbocycles. The van der Waals surface area contributed by atoms with Gasteiger partial charge in [0.25, 0.3) is 0 Å². The Hall–Kier alpha value is -1.08. The molecule has 36 heavy (non-hydrogen) atoms. The molecule has 6 fully saturated rings. The van der Waals surface area contributed by atoms with Crippen LogP contribution in [0.3, 0.4) is 0 Å². The molecule has 7 rings (SSSR count). The van der Waals surface area contributed by atoms with Gasteiger partial charge in [0.05, 0.1) is 11.7 Å². The Labute approximate surface area is 214 Å². The van der Waals surface area contributed by atoms with E-state index in [1.807, 2.05) is 13.8 Å². The smallest absolute Gasteiger partial charge is 0.199 e. The van der Waals surface area contributed by atoms with Crippen molar-refractivity contribution in [2.45, 2.75) is 110 Å². The van der Waals surface area contributed by atoms with Gasteiger partial charge in [0.1, 0.15) is 18.0 Å². The lowest BCUT2D eigenvalue weighted by atomic mass is 9.41. The number of ether oxygens (including phenoxy) is 2. The minimum atomic E-state index is -1.21. The molecule has 2 N–H and O–H groups in total. The fraction of sp³-hybridized carbons (Fsp3) is 0.867. The lowest BCUT2D eigenvalue weighted by Gasteiger charge is -2.61. The number of ketones is 2. The molecule has 3 spiro atoms. The molecular weight excluding hydrogens is 456 g/mol. The van der Waals surface area contributed by atoms with Gasteiger partial charge >= 0.3 is 0 Å². The van der Waals surface area contributed by atoms with E-state index in [-0.39, 0.29) is 41.0 Å². The number of aliphatic hydroxyl groups is 2. The van der Waals surface area contributed by atoms with Crippen molar-refractivity contribution in [1.29, 1.82) is 0 Å². The second-order valence-corrected chi connectivity index (χ2v) is 15.3. The van der Waals surface area contributed by atoms with Gasteiger partial charge in [-0.1, -0.05) is 40.7 Å². The zero-order valence-corrected chi connectivity index (χ0v) is 22.8. The van der Waals surface area contributed by atoms with Crippen molar-refractivity contribution in [3.63, 3.8) is 0 Å². The third-order valence-electron chi connectivity index (χ3n) is 13.2. The molecule has 2 aliphatic heterocycles. The summed E-state index contributed by atoms with van der Waals surface area (Å²) in [5.41, 5.74) is -3.47. The van der Waals surface area contributed by atoms with Gasteiger partial charge in [-0.25, -0.2) is 0 Å². The largest absolute Gasteiger partial charge is 0.388 e. The quantitative estimate of drug-likeness (QED) is 0.571. The van der Waals surface area contributed by atoms with Gasteiger partial charge in [-0.15, -0.1) is 0 Å². The van der Waals surface area contributed by atoms with Crippen LogP contribution in [-0.2, 0) is 19.1 Å². The molecule has 6 heteroatoms. The van der Waals surface area contributed by atoms with E-state index < -0.39 is 45.3 Å². The molecular formula is C30H42O6. The van der Waals surface area contributed by atoms with Gasteiger partial charge in [0.2, 0.25) is 0 Å². The summed E-state index contributed by atoms with van der Waals surface area (Å²) in [5, 5.41) is 23.3. The van der Waals surface area contributed by atoms with Crippen LogP contribution in [0.1, 0.15) is 80.6 Å². The van der Waals surface area contributed by atoms with Crippen molar-refractivity contribution in [2.75, 3.05) is 0 Å². The van der Waals surface area contributed by atoms with Crippen LogP contribution in [0.25, 0.3) is 0 Å². The first-order chi connectivity index (χ1) is 16.5. The average Bonchev–Trinajstić information content (AvgIpc) is 3.32. The van der Waals surface area contributed by atoms with Crippen LogP contribution in [0.2, 0.25) is 0 Å². The molecule has 6 nitrogen and oxygen atoms in total. The predicted molar refractivity (Wildman–Crippen MR) is 132 cm³/mol. The van der Waals surface area contributed by atoms with Crippen molar-refractivity contribution in [2.24, 2.45) is 50.7 Å². The Kier molecular flexibility index (Phi) is 4.14. The molecule has 5 aliphatic carbocycles. The molecule has 0 unspecified atom stereocenters. The zero-order valence-electron chi connectivity index (χ0n) is 22.8. The second kappa shape index (κ2) is 6.21. The van der Waals surface area contributed by atoms with Gasteiger partial charge in [-0.2, -0.15) is 0 Å². The van der Waals surface area contributed by atoms with Gasteiger partial charge in [0, 0.05) is 34.0 Å². The number of carbonyl (C=O) groups is 2. The number of aliphatic hydroxyl groups excluding tert-OH is 1. The lowest BCUT2D eigenvalue weighted by molar-refractivity contribution is -0.282. The Morgan fingerprint density at radius 1 is 1.06 bits per heavy atom. The van der Waals surface area contributed by atoms with Crippen LogP contribution in [0.15, 0.2) is 12.2 Å². The molecule has 12 atom stereocenters. The number of allylic oxidation sites excluding steroid dienone is 2. The molecule has 7 aliphatic rings. The molecule has 0 aromatic rings. The van der Waals surface area contributed by atoms with Crippen molar-refractivity contribution in [3.05, 3.63) is 12.2 Å². The zero-order chi connectivity index (χ0) is 26.1. The highest BCUT2D eigenvalue weighted by molar-refractivity contribution is 5.99. The maximum Gasteiger partial charge on any atom is 0.199 e. The first-order valence-electron chi connectivity index (χ1n) is 14.1. The molecule has 0 amide bonds. The maximum absolute atomic E-state index is 14.4. The van der Waals surface area contributed by atoms with E-state index in [1.54, 1.807) is 19.9 Å². The fourth-order valence-corrected chi connectivity index (χ4v) is 11.7. The third-order valence-corrected chi connectivity index (χ3v) is 13.2. The van der Waals surface area contributed by atoms with Crippen LogP contribution in [0.5, 0.6) is 0 Å². The van der Waals surface area contributed by atoms with Crippen molar-refractivity contribution in [1.82, 2.24) is 0 Å². The van der Waals surface area contributed by atoms with E-state index in [0.29, 0.717) is 12.2 Å². The molecule has 2 saturated heterocycles. The SMILES string of the molecule is C[C@@H]1C[C@H]2O[C@@]3(O[C@@H]2C(C)(C)O)[C@H](O)[C@@]2(C)[C@@H]4CC[C@H]5C(C)(C)C(=O)C=C[C@@]56C[C@@]46C(=O)C[C@]2(C)[C@@H]13. The Balaban J connectivity index is 1.38. The van der Waals surface area contributed by atoms with Crippen molar-refractivity contribution >= 4 is 11.6 Å². The Morgan fingerprint density at radius 2 is 1.72 bits per heavy atom. The average molecular weight is 499 g/mol. The lowest BCUT2D eigenvalue weighted by Crippen LogP contribution is -2.62. The highest BCUT2D eigenvalue weighted by Gasteiger charge is 2.90. The number of Topliss-reactive ketones (excluding diaryl/α,β-unsaturated/α-hetero) is 1. The first-order valence-corrected chi connectivity index (χ1v) is 14.1. The summed E-state index contributed by atoms with van der Waals surface area (Å²) < 4.78 is 13.4. The summed E-state index contributed by atoms with van der Waals surface area (Å²) >= 11 is 0. The number of hydrogen-bond acceptors (Lipinski definition) is 6. The molecule has 0 aromatic carbocycles. The minimum absolute atomic E-state index is 0.00448. The summed E-state index contributed by atoms with van der Waals surface area (Å²) in [6, 6.07) is 0. The summed E-state index contributed by atoms with van der Waals surface area (Å²) in [7, 11) is 0. The summed E-state index contributed by atoms with van der Waals surface area (Å²) in [6.45, 7) is 14.2. The van der Waals surface area contributed by atoms with Gasteiger partial charge in [-0.3, -0.25) is 9.59 Å². The van der Waals surface area contributed by atoms with Gasteiger partial charge in [-0.05, 0) is 68.8 Å². The molecule has 0 aromatic heterocycles. The highest BCUT2D eigenvalue weighted by atomic mass is 16.8. The van der Waals surface area contributed by atoms with Crippen LogP contribution in [0, 0.1) is 50.7 Å². The molecule has 0 radical (unpaired) electrons. The van der Waals surface area contributed by atoms with Crippen molar-refractivity contribution in [3.8, 4) is 0 Å². The van der Waals surface area contributed by atoms with E-state index in [9.17, 15) is 19.8 Å². The predicted octanol–water partition coefficient (Wildman–Crippen LogP) is 3.82. The first kappa shape index (κ1) is 24.0. The van der Waals surface area contributed by atoms with Crippen LogP contribution in [-0.4, -0.2) is 51.5 Å². The number of fused-ring (bicyclic) bond motifs is 4. The summed E-state index contributed by atoms with van der Waals surface area (Å²) in [4.78, 5) is 27.3. The van der Waals surface area contributed by atoms with E-state index in [2.05, 4.69) is 26.8 Å². The number of hydrogen-bond donors (Lipinski definition) is 2. The maximum atomic E-state index is 14.4. The van der Waals surface area contributed by atoms with E-state index in [4.69, 9.17) is 9.47 Å². The van der Waals surface area contributed by atoms with Crippen LogP contribution < -0.4 is 0 Å². The molecule has 2 bridgehead atoms. The van der Waals surface area contributed by atoms with Crippen molar-refractivity contribution < 1.29 is 29.3 Å². The summed E-state index contributed by atoms with van der Waals surface area (Å²) in [6.07, 6.45) is 5.75.